The van der Waals surface area contributed by atoms with Gasteiger partial charge in [-0.2, -0.15) is 0 Å². The van der Waals surface area contributed by atoms with Crippen molar-refractivity contribution in [1.29, 1.82) is 0 Å². The number of carboxylic acids is 1. The third kappa shape index (κ3) is 4.79. The number of esters is 1. The number of para-hydroxylation sites is 3. The summed E-state index contributed by atoms with van der Waals surface area (Å²) < 4.78 is 28.8. The molecule has 42 heavy (non-hydrogen) atoms. The van der Waals surface area contributed by atoms with Gasteiger partial charge >= 0.3 is 11.9 Å². The Labute approximate surface area is 243 Å². The van der Waals surface area contributed by atoms with E-state index in [4.69, 9.17) is 23.7 Å². The number of fused-ring (bicyclic) bond motifs is 1. The van der Waals surface area contributed by atoms with E-state index in [2.05, 4.69) is 0 Å². The van der Waals surface area contributed by atoms with Gasteiger partial charge in [0.2, 0.25) is 0 Å². The van der Waals surface area contributed by atoms with Gasteiger partial charge in [-0.25, -0.2) is 0 Å². The largest absolute Gasteiger partial charge is 0.496 e. The van der Waals surface area contributed by atoms with Crippen LogP contribution in [0, 0.1) is 11.8 Å². The molecule has 0 spiro atoms. The molecule has 0 radical (unpaired) electrons. The predicted octanol–water partition coefficient (Wildman–Crippen LogP) is 5.95. The summed E-state index contributed by atoms with van der Waals surface area (Å²) in [5.41, 5.74) is 2.89. The van der Waals surface area contributed by atoms with E-state index >= 15 is 0 Å². The summed E-state index contributed by atoms with van der Waals surface area (Å²) in [7, 11) is 3.06. The van der Waals surface area contributed by atoms with E-state index in [0.717, 1.165) is 11.1 Å². The number of aliphatic carboxylic acids is 1. The summed E-state index contributed by atoms with van der Waals surface area (Å²) in [6.07, 6.45) is 0. The number of carbonyl (C=O) groups is 2. The van der Waals surface area contributed by atoms with Gasteiger partial charge in [0.25, 0.3) is 0 Å². The fraction of sp³-hybridized carbons (Fsp3) is 0.235. The van der Waals surface area contributed by atoms with Crippen molar-refractivity contribution in [2.75, 3.05) is 27.4 Å². The molecule has 2 atom stereocenters. The van der Waals surface area contributed by atoms with Gasteiger partial charge in [0.1, 0.15) is 30.5 Å². The van der Waals surface area contributed by atoms with Gasteiger partial charge in [0.15, 0.2) is 11.5 Å². The minimum Gasteiger partial charge on any atom is -0.496 e. The third-order valence-corrected chi connectivity index (χ3v) is 8.03. The molecule has 214 valence electrons. The van der Waals surface area contributed by atoms with E-state index in [9.17, 15) is 14.7 Å². The lowest BCUT2D eigenvalue weighted by Gasteiger charge is -2.49. The van der Waals surface area contributed by atoms with E-state index in [1.165, 1.54) is 14.2 Å². The van der Waals surface area contributed by atoms with Gasteiger partial charge in [0.05, 0.1) is 26.1 Å². The molecule has 1 heterocycles. The minimum absolute atomic E-state index is 0.336. The summed E-state index contributed by atoms with van der Waals surface area (Å²) in [5.74, 6) is -1.97. The molecule has 1 fully saturated rings. The molecule has 0 aromatic heterocycles. The highest BCUT2D eigenvalue weighted by Gasteiger charge is 2.60. The number of carboxylic acid groups (broad SMARTS) is 1. The topological polar surface area (TPSA) is 101 Å². The van der Waals surface area contributed by atoms with Crippen LogP contribution in [0.4, 0.5) is 0 Å². The van der Waals surface area contributed by atoms with Gasteiger partial charge < -0.3 is 28.8 Å². The first-order valence-electron chi connectivity index (χ1n) is 13.7. The molecular weight excluding hydrogens is 536 g/mol. The van der Waals surface area contributed by atoms with Crippen molar-refractivity contribution in [1.82, 2.24) is 0 Å². The van der Waals surface area contributed by atoms with E-state index in [1.54, 1.807) is 42.5 Å². The first kappa shape index (κ1) is 27.2. The zero-order valence-corrected chi connectivity index (χ0v) is 23.2. The second-order valence-corrected chi connectivity index (χ2v) is 10.2. The van der Waals surface area contributed by atoms with Crippen LogP contribution in [0.25, 0.3) is 11.1 Å². The molecule has 0 amide bonds. The lowest BCUT2D eigenvalue weighted by molar-refractivity contribution is -0.158. The molecule has 0 bridgehead atoms. The Morgan fingerprint density at radius 1 is 0.738 bits per heavy atom. The zero-order valence-electron chi connectivity index (χ0n) is 23.2. The molecule has 4 aromatic rings. The molecule has 1 saturated carbocycles. The second-order valence-electron chi connectivity index (χ2n) is 10.2. The van der Waals surface area contributed by atoms with Gasteiger partial charge in [-0.1, -0.05) is 60.7 Å². The number of rotatable bonds is 8. The Morgan fingerprint density at radius 2 is 1.36 bits per heavy atom. The maximum absolute atomic E-state index is 14.1. The first-order chi connectivity index (χ1) is 20.5. The van der Waals surface area contributed by atoms with Crippen LogP contribution in [-0.4, -0.2) is 44.5 Å². The number of benzene rings is 4. The molecule has 4 aromatic carbocycles. The molecule has 8 heteroatoms. The first-order valence-corrected chi connectivity index (χ1v) is 13.7. The van der Waals surface area contributed by atoms with Crippen LogP contribution in [0.5, 0.6) is 28.7 Å². The molecule has 6 rings (SSSR count). The lowest BCUT2D eigenvalue weighted by atomic mass is 9.52. The van der Waals surface area contributed by atoms with Crippen molar-refractivity contribution in [2.24, 2.45) is 11.8 Å². The molecule has 2 aliphatic rings. The van der Waals surface area contributed by atoms with Gasteiger partial charge in [-0.05, 0) is 47.0 Å². The lowest BCUT2D eigenvalue weighted by Crippen LogP contribution is -2.52. The van der Waals surface area contributed by atoms with Crippen LogP contribution < -0.4 is 23.7 Å². The van der Waals surface area contributed by atoms with Crippen LogP contribution in [0.2, 0.25) is 0 Å². The molecule has 1 aliphatic carbocycles. The SMILES string of the molecule is COc1ccccc1[C@H]1[C@H](C(=O)O)[C@H](c2ccccc2OC)[C@@H]1C(=O)Oc1cccc(-c2cccc3c2OCCO3)c1. The summed E-state index contributed by atoms with van der Waals surface area (Å²) >= 11 is 0. The number of hydrogen-bond acceptors (Lipinski definition) is 7. The number of carbonyl (C=O) groups excluding carboxylic acids is 1. The van der Waals surface area contributed by atoms with Crippen molar-refractivity contribution >= 4 is 11.9 Å². The van der Waals surface area contributed by atoms with Crippen LogP contribution in [0.3, 0.4) is 0 Å². The number of ether oxygens (including phenoxy) is 5. The third-order valence-electron chi connectivity index (χ3n) is 8.03. The van der Waals surface area contributed by atoms with E-state index in [-0.39, 0.29) is 0 Å². The Balaban J connectivity index is 1.38. The average Bonchev–Trinajstić information content (AvgIpc) is 3.00. The van der Waals surface area contributed by atoms with E-state index < -0.39 is 35.6 Å². The van der Waals surface area contributed by atoms with E-state index in [1.807, 2.05) is 48.5 Å². The van der Waals surface area contributed by atoms with Crippen LogP contribution in [0.1, 0.15) is 23.0 Å². The monoisotopic (exact) mass is 566 g/mol. The van der Waals surface area contributed by atoms with Crippen LogP contribution in [0.15, 0.2) is 91.0 Å². The standard InChI is InChI=1S/C34H30O8/c1-38-25-14-5-3-11-23(25)28-30(33(35)36)29(24-12-4-6-15-26(24)39-2)31(28)34(37)42-21-10-7-9-20(19-21)22-13-8-16-27-32(22)41-18-17-40-27/h3-16,19,28-31H,17-18H2,1-2H3,(H,35,36)/t28-,29-,30-,31+/m0/s1. The van der Waals surface area contributed by atoms with Gasteiger partial charge in [-0.15, -0.1) is 0 Å². The van der Waals surface area contributed by atoms with Crippen LogP contribution in [-0.2, 0) is 9.59 Å². The number of hydrogen-bond donors (Lipinski definition) is 1. The molecule has 8 nitrogen and oxygen atoms in total. The van der Waals surface area contributed by atoms with Crippen molar-refractivity contribution in [2.45, 2.75) is 11.8 Å². The summed E-state index contributed by atoms with van der Waals surface area (Å²) in [6, 6.07) is 27.2. The summed E-state index contributed by atoms with van der Waals surface area (Å²) in [6.45, 7) is 0.924. The summed E-state index contributed by atoms with van der Waals surface area (Å²) in [4.78, 5) is 26.8. The highest BCUT2D eigenvalue weighted by molar-refractivity contribution is 5.86. The average molecular weight is 567 g/mol. The van der Waals surface area contributed by atoms with Crippen molar-refractivity contribution < 1.29 is 38.4 Å². The number of methoxy groups -OCH3 is 2. The molecule has 1 aliphatic heterocycles. The zero-order chi connectivity index (χ0) is 29.2. The molecule has 0 unspecified atom stereocenters. The normalized spacial score (nSPS) is 20.6. The second kappa shape index (κ2) is 11.5. The fourth-order valence-electron chi connectivity index (χ4n) is 6.22. The highest BCUT2D eigenvalue weighted by Crippen LogP contribution is 2.60. The molecule has 0 saturated heterocycles. The smallest absolute Gasteiger partial charge is 0.315 e. The maximum Gasteiger partial charge on any atom is 0.315 e. The Morgan fingerprint density at radius 3 is 2.00 bits per heavy atom. The summed E-state index contributed by atoms with van der Waals surface area (Å²) in [5, 5.41) is 10.4. The molecular formula is C34H30O8. The quantitative estimate of drug-likeness (QED) is 0.206. The highest BCUT2D eigenvalue weighted by atomic mass is 16.6. The van der Waals surface area contributed by atoms with Crippen molar-refractivity contribution in [3.05, 3.63) is 102 Å². The molecule has 1 N–H and O–H groups in total. The fourth-order valence-corrected chi connectivity index (χ4v) is 6.22. The Hall–Kier alpha value is -4.98. The van der Waals surface area contributed by atoms with Crippen molar-refractivity contribution in [3.63, 3.8) is 0 Å². The van der Waals surface area contributed by atoms with E-state index in [0.29, 0.717) is 53.1 Å². The maximum atomic E-state index is 14.1. The van der Waals surface area contributed by atoms with Crippen molar-refractivity contribution in [3.8, 4) is 39.9 Å². The Bertz CT molecular complexity index is 1570. The Kier molecular flexibility index (Phi) is 7.44. The predicted molar refractivity (Wildman–Crippen MR) is 155 cm³/mol. The van der Waals surface area contributed by atoms with Gasteiger partial charge in [0, 0.05) is 17.4 Å². The minimum atomic E-state index is -1.01. The van der Waals surface area contributed by atoms with Crippen LogP contribution >= 0.6 is 0 Å². The van der Waals surface area contributed by atoms with Gasteiger partial charge in [-0.3, -0.25) is 9.59 Å².